The maximum Gasteiger partial charge on any atom is 0.224 e. The lowest BCUT2D eigenvalue weighted by molar-refractivity contribution is -0.126. The van der Waals surface area contributed by atoms with Gasteiger partial charge in [0, 0.05) is 19.6 Å². The van der Waals surface area contributed by atoms with Gasteiger partial charge >= 0.3 is 0 Å². The lowest BCUT2D eigenvalue weighted by atomic mass is 9.99. The van der Waals surface area contributed by atoms with Crippen LogP contribution in [0.4, 0.5) is 0 Å². The van der Waals surface area contributed by atoms with Crippen molar-refractivity contribution in [1.82, 2.24) is 9.62 Å². The number of hydrogen-bond acceptors (Lipinski definition) is 4. The van der Waals surface area contributed by atoms with E-state index in [9.17, 15) is 13.2 Å². The van der Waals surface area contributed by atoms with Crippen LogP contribution >= 0.6 is 0 Å². The summed E-state index contributed by atoms with van der Waals surface area (Å²) >= 11 is 0. The Morgan fingerprint density at radius 2 is 2.15 bits per heavy atom. The van der Waals surface area contributed by atoms with E-state index in [1.165, 1.54) is 16.1 Å². The van der Waals surface area contributed by atoms with E-state index in [-0.39, 0.29) is 17.9 Å². The normalized spacial score (nSPS) is 18.7. The number of hydrogen-bond donors (Lipinski definition) is 1. The number of benzene rings is 1. The van der Waals surface area contributed by atoms with Gasteiger partial charge < -0.3 is 10.1 Å². The van der Waals surface area contributed by atoms with E-state index in [4.69, 9.17) is 4.74 Å². The smallest absolute Gasteiger partial charge is 0.224 e. The second kappa shape index (κ2) is 9.37. The predicted octanol–water partition coefficient (Wildman–Crippen LogP) is 2.19. The van der Waals surface area contributed by atoms with E-state index in [0.29, 0.717) is 19.6 Å². The van der Waals surface area contributed by atoms with E-state index in [1.54, 1.807) is 0 Å². The second-order valence-electron chi connectivity index (χ2n) is 7.17. The number of rotatable bonds is 8. The Bertz CT molecular complexity index is 703. The van der Waals surface area contributed by atoms with Gasteiger partial charge in [-0.25, -0.2) is 12.7 Å². The summed E-state index contributed by atoms with van der Waals surface area (Å²) < 4.78 is 30.4. The molecular weight excluding hydrogens is 352 g/mol. The number of aryl methyl sites for hydroxylation is 1. The SMILES string of the molecule is CC(C)Oc1cccc(CCCNC(=O)C2CCCN(S(C)(=O)=O)C2)c1. The first kappa shape index (κ1) is 20.7. The van der Waals surface area contributed by atoms with E-state index in [0.717, 1.165) is 31.4 Å². The Hall–Kier alpha value is -1.60. The molecule has 1 aromatic rings. The van der Waals surface area contributed by atoms with Crippen LogP contribution in [-0.2, 0) is 21.2 Å². The Kier molecular flexibility index (Phi) is 7.46. The minimum absolute atomic E-state index is 0.0461. The molecule has 1 N–H and O–H groups in total. The lowest BCUT2D eigenvalue weighted by Gasteiger charge is -2.30. The molecule has 6 nitrogen and oxygen atoms in total. The molecule has 26 heavy (non-hydrogen) atoms. The Balaban J connectivity index is 1.75. The molecule has 0 radical (unpaired) electrons. The van der Waals surface area contributed by atoms with E-state index >= 15 is 0 Å². The Morgan fingerprint density at radius 1 is 1.38 bits per heavy atom. The molecule has 2 rings (SSSR count). The number of sulfonamides is 1. The summed E-state index contributed by atoms with van der Waals surface area (Å²) in [5.74, 6) is 0.570. The zero-order valence-corrected chi connectivity index (χ0v) is 16.7. The Morgan fingerprint density at radius 3 is 2.85 bits per heavy atom. The standard InChI is InChI=1S/C19H30N2O4S/c1-15(2)25-18-10-4-7-16(13-18)8-5-11-20-19(22)17-9-6-12-21(14-17)26(3,23)24/h4,7,10,13,15,17H,5-6,8-9,11-12,14H2,1-3H3,(H,20,22). The number of nitrogens with zero attached hydrogens (tertiary/aromatic N) is 1. The topological polar surface area (TPSA) is 75.7 Å². The fraction of sp³-hybridized carbons (Fsp3) is 0.632. The molecular formula is C19H30N2O4S. The van der Waals surface area contributed by atoms with E-state index < -0.39 is 10.0 Å². The summed E-state index contributed by atoms with van der Waals surface area (Å²) in [6, 6.07) is 8.02. The molecule has 1 unspecified atom stereocenters. The molecule has 1 aliphatic heterocycles. The van der Waals surface area contributed by atoms with Crippen molar-refractivity contribution in [2.75, 3.05) is 25.9 Å². The van der Waals surface area contributed by atoms with Crippen LogP contribution in [-0.4, -0.2) is 50.6 Å². The number of nitrogens with one attached hydrogen (secondary N) is 1. The third-order valence-electron chi connectivity index (χ3n) is 4.44. The van der Waals surface area contributed by atoms with Crippen LogP contribution in [0.15, 0.2) is 24.3 Å². The van der Waals surface area contributed by atoms with Gasteiger partial charge in [-0.3, -0.25) is 4.79 Å². The van der Waals surface area contributed by atoms with Gasteiger partial charge in [-0.15, -0.1) is 0 Å². The molecule has 0 aromatic heterocycles. The number of ether oxygens (including phenoxy) is 1. The number of piperidine rings is 1. The van der Waals surface area contributed by atoms with E-state index in [1.807, 2.05) is 32.0 Å². The van der Waals surface area contributed by atoms with Crippen LogP contribution in [0.5, 0.6) is 5.75 Å². The van der Waals surface area contributed by atoms with Gasteiger partial charge in [-0.05, 0) is 57.2 Å². The number of carbonyl (C=O) groups excluding carboxylic acids is 1. The molecule has 1 aliphatic rings. The summed E-state index contributed by atoms with van der Waals surface area (Å²) in [6.07, 6.45) is 4.51. The minimum Gasteiger partial charge on any atom is -0.491 e. The van der Waals surface area contributed by atoms with Crippen molar-refractivity contribution < 1.29 is 17.9 Å². The van der Waals surface area contributed by atoms with Crippen molar-refractivity contribution in [2.45, 2.75) is 45.6 Å². The van der Waals surface area contributed by atoms with Gasteiger partial charge in [-0.1, -0.05) is 12.1 Å². The fourth-order valence-corrected chi connectivity index (χ4v) is 4.06. The summed E-state index contributed by atoms with van der Waals surface area (Å²) in [7, 11) is -3.22. The van der Waals surface area contributed by atoms with Crippen molar-refractivity contribution in [3.8, 4) is 5.75 Å². The first-order valence-electron chi connectivity index (χ1n) is 9.24. The van der Waals surface area contributed by atoms with Crippen LogP contribution in [0.3, 0.4) is 0 Å². The second-order valence-corrected chi connectivity index (χ2v) is 9.15. The summed E-state index contributed by atoms with van der Waals surface area (Å²) in [4.78, 5) is 12.3. The third-order valence-corrected chi connectivity index (χ3v) is 5.71. The largest absolute Gasteiger partial charge is 0.491 e. The molecule has 7 heteroatoms. The molecule has 1 aromatic carbocycles. The minimum atomic E-state index is -3.22. The third kappa shape index (κ3) is 6.61. The molecule has 0 saturated carbocycles. The van der Waals surface area contributed by atoms with Gasteiger partial charge in [0.2, 0.25) is 15.9 Å². The van der Waals surface area contributed by atoms with Crippen molar-refractivity contribution in [1.29, 1.82) is 0 Å². The van der Waals surface area contributed by atoms with Crippen molar-refractivity contribution in [3.05, 3.63) is 29.8 Å². The van der Waals surface area contributed by atoms with Crippen molar-refractivity contribution >= 4 is 15.9 Å². The fourth-order valence-electron chi connectivity index (χ4n) is 3.15. The first-order valence-corrected chi connectivity index (χ1v) is 11.1. The molecule has 1 atom stereocenters. The van der Waals surface area contributed by atoms with Crippen LogP contribution in [0.1, 0.15) is 38.7 Å². The quantitative estimate of drug-likeness (QED) is 0.700. The van der Waals surface area contributed by atoms with Crippen LogP contribution in [0, 0.1) is 5.92 Å². The molecule has 1 fully saturated rings. The number of carbonyl (C=O) groups is 1. The zero-order valence-electron chi connectivity index (χ0n) is 15.9. The maximum atomic E-state index is 12.3. The van der Waals surface area contributed by atoms with Crippen LogP contribution in [0.2, 0.25) is 0 Å². The molecule has 0 aliphatic carbocycles. The molecule has 1 heterocycles. The van der Waals surface area contributed by atoms with Gasteiger partial charge in [0.05, 0.1) is 18.3 Å². The molecule has 1 amide bonds. The summed E-state index contributed by atoms with van der Waals surface area (Å²) in [5.41, 5.74) is 1.18. The number of amides is 1. The van der Waals surface area contributed by atoms with Crippen molar-refractivity contribution in [2.24, 2.45) is 5.92 Å². The highest BCUT2D eigenvalue weighted by Gasteiger charge is 2.29. The Labute approximate surface area is 157 Å². The highest BCUT2D eigenvalue weighted by Crippen LogP contribution is 2.19. The molecule has 1 saturated heterocycles. The van der Waals surface area contributed by atoms with Gasteiger partial charge in [0.15, 0.2) is 0 Å². The average Bonchev–Trinajstić information content (AvgIpc) is 2.57. The maximum absolute atomic E-state index is 12.3. The van der Waals surface area contributed by atoms with Gasteiger partial charge in [0.25, 0.3) is 0 Å². The highest BCUT2D eigenvalue weighted by molar-refractivity contribution is 7.88. The van der Waals surface area contributed by atoms with Crippen LogP contribution < -0.4 is 10.1 Å². The highest BCUT2D eigenvalue weighted by atomic mass is 32.2. The first-order chi connectivity index (χ1) is 12.3. The zero-order chi connectivity index (χ0) is 19.2. The molecule has 146 valence electrons. The molecule has 0 spiro atoms. The van der Waals surface area contributed by atoms with Crippen molar-refractivity contribution in [3.63, 3.8) is 0 Å². The van der Waals surface area contributed by atoms with Gasteiger partial charge in [0.1, 0.15) is 5.75 Å². The summed E-state index contributed by atoms with van der Waals surface area (Å²) in [6.45, 7) is 5.39. The molecule has 0 bridgehead atoms. The lowest BCUT2D eigenvalue weighted by Crippen LogP contribution is -2.45. The summed E-state index contributed by atoms with van der Waals surface area (Å²) in [5, 5.41) is 2.95. The monoisotopic (exact) mass is 382 g/mol. The predicted molar refractivity (Wildman–Crippen MR) is 103 cm³/mol. The van der Waals surface area contributed by atoms with Crippen LogP contribution in [0.25, 0.3) is 0 Å². The van der Waals surface area contributed by atoms with Gasteiger partial charge in [-0.2, -0.15) is 0 Å². The average molecular weight is 383 g/mol. The van der Waals surface area contributed by atoms with E-state index in [2.05, 4.69) is 11.4 Å².